The molecule has 7 nitrogen and oxygen atoms in total. The molecule has 7 heteroatoms. The average Bonchev–Trinajstić information content (AvgIpc) is 2.79. The largest absolute Gasteiger partial charge is 0.497 e. The summed E-state index contributed by atoms with van der Waals surface area (Å²) in [5.74, 6) is 0.0441. The quantitative estimate of drug-likeness (QED) is 0.500. The zero-order chi connectivity index (χ0) is 22.1. The Kier molecular flexibility index (Phi) is 7.48. The topological polar surface area (TPSA) is 85.9 Å². The van der Waals surface area contributed by atoms with Gasteiger partial charge in [-0.2, -0.15) is 0 Å². The summed E-state index contributed by atoms with van der Waals surface area (Å²) < 4.78 is 15.7. The monoisotopic (exact) mass is 420 g/mol. The molecule has 0 heterocycles. The van der Waals surface area contributed by atoms with Gasteiger partial charge in [-0.3, -0.25) is 4.79 Å². The smallest absolute Gasteiger partial charge is 0.344 e. The maximum atomic E-state index is 12.2. The lowest BCUT2D eigenvalue weighted by molar-refractivity contribution is -0.155. The number of hydrogen-bond donors (Lipinski definition) is 2. The zero-order valence-electron chi connectivity index (χ0n) is 17.3. The number of carbonyl (C=O) groups excluding carboxylic acids is 2. The van der Waals surface area contributed by atoms with Gasteiger partial charge in [0.25, 0.3) is 5.91 Å². The highest BCUT2D eigenvalue weighted by atomic mass is 16.6. The zero-order valence-corrected chi connectivity index (χ0v) is 17.3. The molecule has 160 valence electrons. The number of methoxy groups -OCH3 is 1. The molecule has 31 heavy (non-hydrogen) atoms. The minimum atomic E-state index is -0.972. The van der Waals surface area contributed by atoms with E-state index in [1.54, 1.807) is 43.5 Å². The summed E-state index contributed by atoms with van der Waals surface area (Å²) in [4.78, 5) is 24.3. The Hall–Kier alpha value is -4.00. The molecule has 0 aliphatic rings. The third-order valence-electron chi connectivity index (χ3n) is 4.29. The van der Waals surface area contributed by atoms with Gasteiger partial charge in [0.05, 0.1) is 7.11 Å². The molecule has 3 aromatic carbocycles. The van der Waals surface area contributed by atoms with E-state index in [0.29, 0.717) is 17.2 Å². The van der Waals surface area contributed by atoms with E-state index < -0.39 is 18.0 Å². The van der Waals surface area contributed by atoms with Crippen molar-refractivity contribution < 1.29 is 23.8 Å². The number of hydrogen-bond acceptors (Lipinski definition) is 6. The van der Waals surface area contributed by atoms with Gasteiger partial charge in [0, 0.05) is 23.1 Å². The molecule has 0 aliphatic carbocycles. The first-order valence-corrected chi connectivity index (χ1v) is 9.73. The average molecular weight is 420 g/mol. The van der Waals surface area contributed by atoms with Crippen LogP contribution in [-0.2, 0) is 14.3 Å². The molecule has 2 N–H and O–H groups in total. The highest BCUT2D eigenvalue weighted by Crippen LogP contribution is 2.20. The summed E-state index contributed by atoms with van der Waals surface area (Å²) in [6, 6.07) is 23.9. The molecule has 3 rings (SSSR count). The molecule has 0 saturated heterocycles. The lowest BCUT2D eigenvalue weighted by Crippen LogP contribution is -2.31. The van der Waals surface area contributed by atoms with Crippen LogP contribution in [0.25, 0.3) is 0 Å². The van der Waals surface area contributed by atoms with Crippen LogP contribution in [0.4, 0.5) is 17.1 Å². The van der Waals surface area contributed by atoms with Crippen LogP contribution in [0, 0.1) is 0 Å². The molecule has 1 atom stereocenters. The van der Waals surface area contributed by atoms with Gasteiger partial charge in [-0.1, -0.05) is 24.3 Å². The van der Waals surface area contributed by atoms with Crippen molar-refractivity contribution in [1.29, 1.82) is 0 Å². The first-order chi connectivity index (χ1) is 15.0. The van der Waals surface area contributed by atoms with Crippen molar-refractivity contribution in [3.63, 3.8) is 0 Å². The van der Waals surface area contributed by atoms with E-state index in [1.807, 2.05) is 42.5 Å². The summed E-state index contributed by atoms with van der Waals surface area (Å²) in [6.45, 7) is 1.19. The van der Waals surface area contributed by atoms with E-state index >= 15 is 0 Å². The number of amides is 1. The standard InChI is InChI=1S/C24H24N2O5/c1-17(24(28)26-20-9-6-10-22(15-20)29-2)31-23(27)16-30-21-13-11-19(12-14-21)25-18-7-4-3-5-8-18/h3-15,17,25H,16H2,1-2H3,(H,26,28)/t17-/m0/s1. The Morgan fingerprint density at radius 1 is 0.839 bits per heavy atom. The van der Waals surface area contributed by atoms with E-state index in [0.717, 1.165) is 11.4 Å². The van der Waals surface area contributed by atoms with Crippen LogP contribution in [0.1, 0.15) is 6.92 Å². The third-order valence-corrected chi connectivity index (χ3v) is 4.29. The lowest BCUT2D eigenvalue weighted by atomic mass is 10.2. The minimum absolute atomic E-state index is 0.303. The van der Waals surface area contributed by atoms with Crippen molar-refractivity contribution in [2.24, 2.45) is 0 Å². The maximum Gasteiger partial charge on any atom is 0.344 e. The van der Waals surface area contributed by atoms with Gasteiger partial charge < -0.3 is 24.8 Å². The second kappa shape index (κ2) is 10.7. The molecule has 0 radical (unpaired) electrons. The fourth-order valence-corrected chi connectivity index (χ4v) is 2.69. The van der Waals surface area contributed by atoms with Gasteiger partial charge in [0.1, 0.15) is 11.5 Å². The van der Waals surface area contributed by atoms with Crippen LogP contribution in [0.5, 0.6) is 11.5 Å². The van der Waals surface area contributed by atoms with Crippen LogP contribution in [0.3, 0.4) is 0 Å². The summed E-state index contributed by atoms with van der Waals surface area (Å²) in [5, 5.41) is 5.94. The first-order valence-electron chi connectivity index (χ1n) is 9.73. The predicted molar refractivity (Wildman–Crippen MR) is 119 cm³/mol. The van der Waals surface area contributed by atoms with Crippen LogP contribution in [0.15, 0.2) is 78.9 Å². The summed E-state index contributed by atoms with van der Waals surface area (Å²) in [5.41, 5.74) is 2.41. The molecule has 0 unspecified atom stereocenters. The number of nitrogens with one attached hydrogen (secondary N) is 2. The Bertz CT molecular complexity index is 1010. The second-order valence-corrected chi connectivity index (χ2v) is 6.66. The van der Waals surface area contributed by atoms with Crippen molar-refractivity contribution in [3.05, 3.63) is 78.9 Å². The van der Waals surface area contributed by atoms with Crippen LogP contribution >= 0.6 is 0 Å². The molecular weight excluding hydrogens is 396 g/mol. The van der Waals surface area contributed by atoms with Gasteiger partial charge in [-0.25, -0.2) is 4.79 Å². The van der Waals surface area contributed by atoms with Crippen molar-refractivity contribution >= 4 is 28.9 Å². The number of ether oxygens (including phenoxy) is 3. The molecule has 0 aliphatic heterocycles. The lowest BCUT2D eigenvalue weighted by Gasteiger charge is -2.14. The van der Waals surface area contributed by atoms with E-state index in [-0.39, 0.29) is 6.61 Å². The van der Waals surface area contributed by atoms with E-state index in [9.17, 15) is 9.59 Å². The van der Waals surface area contributed by atoms with E-state index in [4.69, 9.17) is 14.2 Å². The number of para-hydroxylation sites is 1. The first kappa shape index (κ1) is 21.7. The van der Waals surface area contributed by atoms with Crippen LogP contribution < -0.4 is 20.1 Å². The van der Waals surface area contributed by atoms with Gasteiger partial charge in [-0.15, -0.1) is 0 Å². The van der Waals surface area contributed by atoms with Gasteiger partial charge >= 0.3 is 5.97 Å². The minimum Gasteiger partial charge on any atom is -0.497 e. The highest BCUT2D eigenvalue weighted by molar-refractivity contribution is 5.95. The van der Waals surface area contributed by atoms with Crippen LogP contribution in [0.2, 0.25) is 0 Å². The van der Waals surface area contributed by atoms with E-state index in [1.165, 1.54) is 6.92 Å². The fourth-order valence-electron chi connectivity index (χ4n) is 2.69. The number of carbonyl (C=O) groups is 2. The van der Waals surface area contributed by atoms with Crippen molar-refractivity contribution in [2.75, 3.05) is 24.4 Å². The molecule has 0 spiro atoms. The highest BCUT2D eigenvalue weighted by Gasteiger charge is 2.18. The normalized spacial score (nSPS) is 11.2. The third kappa shape index (κ3) is 6.78. The Morgan fingerprint density at radius 2 is 1.52 bits per heavy atom. The molecule has 1 amide bonds. The Balaban J connectivity index is 1.44. The maximum absolute atomic E-state index is 12.2. The van der Waals surface area contributed by atoms with E-state index in [2.05, 4.69) is 10.6 Å². The number of esters is 1. The Morgan fingerprint density at radius 3 is 2.23 bits per heavy atom. The molecule has 0 aromatic heterocycles. The second-order valence-electron chi connectivity index (χ2n) is 6.66. The summed E-state index contributed by atoms with van der Waals surface area (Å²) in [7, 11) is 1.54. The van der Waals surface area contributed by atoms with Gasteiger partial charge in [0.2, 0.25) is 0 Å². The molecular formula is C24H24N2O5. The molecule has 0 fully saturated rings. The van der Waals surface area contributed by atoms with Crippen molar-refractivity contribution in [2.45, 2.75) is 13.0 Å². The fraction of sp³-hybridized carbons (Fsp3) is 0.167. The van der Waals surface area contributed by atoms with Crippen molar-refractivity contribution in [3.8, 4) is 11.5 Å². The number of anilines is 3. The molecule has 0 saturated carbocycles. The molecule has 3 aromatic rings. The Labute approximate surface area is 180 Å². The summed E-state index contributed by atoms with van der Waals surface area (Å²) >= 11 is 0. The van der Waals surface area contributed by atoms with Gasteiger partial charge in [0.15, 0.2) is 12.7 Å². The predicted octanol–water partition coefficient (Wildman–Crippen LogP) is 4.39. The van der Waals surface area contributed by atoms with Crippen molar-refractivity contribution in [1.82, 2.24) is 0 Å². The van der Waals surface area contributed by atoms with Crippen LogP contribution in [-0.4, -0.2) is 31.7 Å². The SMILES string of the molecule is COc1cccc(NC(=O)[C@H](C)OC(=O)COc2ccc(Nc3ccccc3)cc2)c1. The molecule has 0 bridgehead atoms. The number of benzene rings is 3. The number of rotatable bonds is 9. The van der Waals surface area contributed by atoms with Gasteiger partial charge in [-0.05, 0) is 55.5 Å². The summed E-state index contributed by atoms with van der Waals surface area (Å²) in [6.07, 6.45) is -0.972.